The molecule has 2 aromatic heterocycles. The van der Waals surface area contributed by atoms with Crippen LogP contribution in [0.5, 0.6) is 5.75 Å². The molecule has 0 aliphatic rings. The van der Waals surface area contributed by atoms with E-state index in [2.05, 4.69) is 4.98 Å². The highest BCUT2D eigenvalue weighted by molar-refractivity contribution is 5.87. The van der Waals surface area contributed by atoms with E-state index in [0.717, 1.165) is 6.07 Å². The third-order valence-electron chi connectivity index (χ3n) is 2.84. The highest BCUT2D eigenvalue weighted by atomic mass is 16.5. The van der Waals surface area contributed by atoms with E-state index in [1.807, 2.05) is 6.07 Å². The number of nitriles is 1. The Bertz CT molecular complexity index is 821. The fourth-order valence-electron chi connectivity index (χ4n) is 1.84. The fraction of sp³-hybridized carbons (Fsp3) is 0.200. The first-order valence-electron chi connectivity index (χ1n) is 6.47. The molecule has 2 heterocycles. The number of carbonyl (C=O) groups is 1. The summed E-state index contributed by atoms with van der Waals surface area (Å²) in [5.74, 6) is -2.21. The van der Waals surface area contributed by atoms with E-state index in [1.165, 1.54) is 19.4 Å². The summed E-state index contributed by atoms with van der Waals surface area (Å²) < 4.78 is 14.9. The van der Waals surface area contributed by atoms with Gasteiger partial charge in [0.25, 0.3) is 0 Å². The van der Waals surface area contributed by atoms with Gasteiger partial charge in [0.2, 0.25) is 11.5 Å². The van der Waals surface area contributed by atoms with Gasteiger partial charge in [-0.2, -0.15) is 5.26 Å². The van der Waals surface area contributed by atoms with Gasteiger partial charge in [-0.05, 0) is 12.1 Å². The van der Waals surface area contributed by atoms with Gasteiger partial charge < -0.3 is 19.0 Å². The number of carboxylic acids is 1. The largest absolute Gasteiger partial charge is 0.484 e. The maximum absolute atomic E-state index is 12.0. The summed E-state index contributed by atoms with van der Waals surface area (Å²) >= 11 is 0. The molecule has 2 aromatic rings. The van der Waals surface area contributed by atoms with Crippen LogP contribution < -0.4 is 10.4 Å². The molecule has 0 aliphatic heterocycles. The molecule has 23 heavy (non-hydrogen) atoms. The van der Waals surface area contributed by atoms with Gasteiger partial charge in [-0.1, -0.05) is 0 Å². The topological polar surface area (TPSA) is 123 Å². The van der Waals surface area contributed by atoms with Crippen molar-refractivity contribution in [2.24, 2.45) is 0 Å². The van der Waals surface area contributed by atoms with Gasteiger partial charge in [0.1, 0.15) is 12.7 Å². The molecule has 118 valence electrons. The molecule has 0 bridgehead atoms. The molecule has 0 aromatic carbocycles. The Hall–Kier alpha value is -3.18. The van der Waals surface area contributed by atoms with Crippen LogP contribution in [0.2, 0.25) is 0 Å². The summed E-state index contributed by atoms with van der Waals surface area (Å²) in [7, 11) is 1.47. The Morgan fingerprint density at radius 2 is 2.26 bits per heavy atom. The first kappa shape index (κ1) is 16.2. The molecule has 8 heteroatoms. The maximum Gasteiger partial charge on any atom is 0.379 e. The van der Waals surface area contributed by atoms with Crippen LogP contribution in [-0.4, -0.2) is 36.4 Å². The summed E-state index contributed by atoms with van der Waals surface area (Å²) in [4.78, 5) is 27.2. The number of nitrogens with zero attached hydrogens (tertiary/aromatic N) is 2. The highest BCUT2D eigenvalue weighted by Gasteiger charge is 2.21. The van der Waals surface area contributed by atoms with Gasteiger partial charge in [-0.25, -0.2) is 9.59 Å². The molecule has 0 saturated carbocycles. The van der Waals surface area contributed by atoms with E-state index in [9.17, 15) is 9.59 Å². The maximum atomic E-state index is 12.0. The standard InChI is InChI=1S/C15H12N2O6/c1-21-5-6-22-13-10(7-11(14(18)19)23-15(13)20)12-9(8-16)3-2-4-17-12/h2-4,7H,5-6H2,1H3,(H,18,19). The second kappa shape index (κ2) is 7.20. The number of aromatic carboxylic acids is 1. The Balaban J connectivity index is 2.65. The molecule has 0 spiro atoms. The minimum Gasteiger partial charge on any atom is -0.484 e. The van der Waals surface area contributed by atoms with Crippen molar-refractivity contribution in [1.82, 2.24) is 4.98 Å². The average Bonchev–Trinajstić information content (AvgIpc) is 2.55. The molecular weight excluding hydrogens is 304 g/mol. The molecule has 0 amide bonds. The van der Waals surface area contributed by atoms with E-state index in [4.69, 9.17) is 24.3 Å². The van der Waals surface area contributed by atoms with Gasteiger partial charge >= 0.3 is 11.6 Å². The van der Waals surface area contributed by atoms with Gasteiger partial charge in [-0.15, -0.1) is 0 Å². The number of methoxy groups -OCH3 is 1. The van der Waals surface area contributed by atoms with Crippen LogP contribution in [0.1, 0.15) is 16.1 Å². The van der Waals surface area contributed by atoms with Crippen molar-refractivity contribution in [2.75, 3.05) is 20.3 Å². The lowest BCUT2D eigenvalue weighted by Crippen LogP contribution is -2.15. The van der Waals surface area contributed by atoms with Gasteiger partial charge in [-0.3, -0.25) is 4.98 Å². The second-order valence-corrected chi connectivity index (χ2v) is 4.30. The van der Waals surface area contributed by atoms with Crippen LogP contribution >= 0.6 is 0 Å². The predicted octanol–water partition coefficient (Wildman–Crippen LogP) is 1.30. The molecule has 0 fully saturated rings. The molecular formula is C15H12N2O6. The molecule has 0 atom stereocenters. The summed E-state index contributed by atoms with van der Waals surface area (Å²) in [5, 5.41) is 18.2. The quantitative estimate of drug-likeness (QED) is 0.791. The summed E-state index contributed by atoms with van der Waals surface area (Å²) in [6.45, 7) is 0.266. The summed E-state index contributed by atoms with van der Waals surface area (Å²) in [5.41, 5.74) is -0.582. The van der Waals surface area contributed by atoms with Gasteiger partial charge in [0.05, 0.1) is 23.4 Å². The minimum atomic E-state index is -1.42. The van der Waals surface area contributed by atoms with Crippen LogP contribution in [0.3, 0.4) is 0 Å². The third-order valence-corrected chi connectivity index (χ3v) is 2.84. The number of pyridine rings is 1. The van der Waals surface area contributed by atoms with E-state index in [1.54, 1.807) is 6.07 Å². The lowest BCUT2D eigenvalue weighted by molar-refractivity contribution is 0.0655. The zero-order valence-electron chi connectivity index (χ0n) is 12.1. The van der Waals surface area contributed by atoms with Gasteiger partial charge in [0, 0.05) is 19.4 Å². The number of aromatic nitrogens is 1. The van der Waals surface area contributed by atoms with Crippen molar-refractivity contribution in [3.63, 3.8) is 0 Å². The first-order chi connectivity index (χ1) is 11.1. The highest BCUT2D eigenvalue weighted by Crippen LogP contribution is 2.29. The Morgan fingerprint density at radius 3 is 2.91 bits per heavy atom. The second-order valence-electron chi connectivity index (χ2n) is 4.30. The molecule has 8 nitrogen and oxygen atoms in total. The normalized spacial score (nSPS) is 10.1. The van der Waals surface area contributed by atoms with E-state index in [0.29, 0.717) is 0 Å². The van der Waals surface area contributed by atoms with Crippen molar-refractivity contribution in [1.29, 1.82) is 5.26 Å². The number of ether oxygens (including phenoxy) is 2. The Labute approximate surface area is 130 Å². The Morgan fingerprint density at radius 1 is 1.48 bits per heavy atom. The SMILES string of the molecule is COCCOc1c(-c2ncccc2C#N)cc(C(=O)O)oc1=O. The fourth-order valence-corrected chi connectivity index (χ4v) is 1.84. The zero-order valence-corrected chi connectivity index (χ0v) is 12.1. The predicted molar refractivity (Wildman–Crippen MR) is 77.3 cm³/mol. The Kier molecular flexibility index (Phi) is 5.07. The van der Waals surface area contributed by atoms with Crippen molar-refractivity contribution < 1.29 is 23.8 Å². The molecule has 2 rings (SSSR count). The van der Waals surface area contributed by atoms with Crippen LogP contribution in [0.25, 0.3) is 11.3 Å². The summed E-state index contributed by atoms with van der Waals surface area (Å²) in [6.07, 6.45) is 1.42. The zero-order chi connectivity index (χ0) is 16.8. The number of rotatable bonds is 6. The first-order valence-corrected chi connectivity index (χ1v) is 6.47. The minimum absolute atomic E-state index is 0.0510. The van der Waals surface area contributed by atoms with Crippen LogP contribution in [0, 0.1) is 11.3 Å². The monoisotopic (exact) mass is 316 g/mol. The van der Waals surface area contributed by atoms with Crippen molar-refractivity contribution in [3.05, 3.63) is 46.1 Å². The van der Waals surface area contributed by atoms with E-state index < -0.39 is 17.4 Å². The smallest absolute Gasteiger partial charge is 0.379 e. The molecule has 0 saturated heterocycles. The number of hydrogen-bond acceptors (Lipinski definition) is 7. The van der Waals surface area contributed by atoms with E-state index in [-0.39, 0.29) is 35.8 Å². The van der Waals surface area contributed by atoms with E-state index >= 15 is 0 Å². The average molecular weight is 316 g/mol. The number of hydrogen-bond donors (Lipinski definition) is 1. The van der Waals surface area contributed by atoms with Crippen molar-refractivity contribution in [2.45, 2.75) is 0 Å². The van der Waals surface area contributed by atoms with Crippen LogP contribution in [0.15, 0.2) is 33.6 Å². The molecule has 0 unspecified atom stereocenters. The lowest BCUT2D eigenvalue weighted by Gasteiger charge is -2.10. The van der Waals surface area contributed by atoms with Crippen molar-refractivity contribution in [3.8, 4) is 23.1 Å². The molecule has 0 aliphatic carbocycles. The van der Waals surface area contributed by atoms with Crippen LogP contribution in [-0.2, 0) is 4.74 Å². The number of carboxylic acid groups (broad SMARTS) is 1. The summed E-state index contributed by atoms with van der Waals surface area (Å²) in [6, 6.07) is 6.09. The van der Waals surface area contributed by atoms with Crippen LogP contribution in [0.4, 0.5) is 0 Å². The van der Waals surface area contributed by atoms with Gasteiger partial charge in [0.15, 0.2) is 0 Å². The van der Waals surface area contributed by atoms with Crippen molar-refractivity contribution >= 4 is 5.97 Å². The third kappa shape index (κ3) is 3.53. The lowest BCUT2D eigenvalue weighted by atomic mass is 10.1. The molecule has 1 N–H and O–H groups in total. The molecule has 0 radical (unpaired) electrons.